The molecule has 2 saturated carbocycles. The van der Waals surface area contributed by atoms with Crippen LogP contribution in [0.4, 0.5) is 4.79 Å². The molecule has 6 rings (SSSR count). The number of oxime groups is 1. The predicted molar refractivity (Wildman–Crippen MR) is 189 cm³/mol. The number of carbonyl (C=O) groups is 4. The van der Waals surface area contributed by atoms with Crippen LogP contribution < -0.4 is 15.4 Å². The number of carboxylic acids is 1. The number of carboxylic acid groups (broad SMARTS) is 1. The number of ether oxygens (including phenoxy) is 2. The molecular formula is C39H48N4O8. The molecule has 6 atom stereocenters. The van der Waals surface area contributed by atoms with Gasteiger partial charge in [0, 0.05) is 18.4 Å². The first-order valence-electron chi connectivity index (χ1n) is 17.9. The van der Waals surface area contributed by atoms with E-state index in [1.165, 1.54) is 4.90 Å². The smallest absolute Gasteiger partial charge is 0.408 e. The van der Waals surface area contributed by atoms with Gasteiger partial charge >= 0.3 is 12.1 Å². The maximum absolute atomic E-state index is 14.4. The van der Waals surface area contributed by atoms with Crippen LogP contribution in [0.2, 0.25) is 0 Å². The Kier molecular flexibility index (Phi) is 10.4. The zero-order valence-corrected chi connectivity index (χ0v) is 29.5. The molecule has 51 heavy (non-hydrogen) atoms. The lowest BCUT2D eigenvalue weighted by atomic mass is 9.85. The summed E-state index contributed by atoms with van der Waals surface area (Å²) in [6, 6.07) is 15.3. The van der Waals surface area contributed by atoms with Crippen LogP contribution in [-0.2, 0) is 24.0 Å². The van der Waals surface area contributed by atoms with Crippen LogP contribution in [0.1, 0.15) is 89.4 Å². The van der Waals surface area contributed by atoms with Crippen LogP contribution in [-0.4, -0.2) is 76.0 Å². The number of nitrogens with one attached hydrogen (secondary N) is 2. The molecule has 3 fully saturated rings. The van der Waals surface area contributed by atoms with E-state index in [2.05, 4.69) is 22.4 Å². The van der Waals surface area contributed by atoms with Gasteiger partial charge in [-0.15, -0.1) is 6.58 Å². The highest BCUT2D eigenvalue weighted by Crippen LogP contribution is 2.47. The molecule has 0 radical (unpaired) electrons. The third-order valence-corrected chi connectivity index (χ3v) is 10.4. The van der Waals surface area contributed by atoms with Crippen molar-refractivity contribution in [3.05, 3.63) is 78.4 Å². The van der Waals surface area contributed by atoms with E-state index >= 15 is 0 Å². The fraction of sp³-hybridized carbons (Fsp3) is 0.513. The molecule has 2 heterocycles. The van der Waals surface area contributed by atoms with Crippen LogP contribution >= 0.6 is 0 Å². The number of hydrogen-bond acceptors (Lipinski definition) is 8. The van der Waals surface area contributed by atoms with Gasteiger partial charge in [-0.05, 0) is 67.6 Å². The quantitative estimate of drug-likeness (QED) is 0.205. The number of alkyl carbamates (subject to hydrolysis) is 1. The lowest BCUT2D eigenvalue weighted by Crippen LogP contribution is -2.59. The summed E-state index contributed by atoms with van der Waals surface area (Å²) in [7, 11) is 0. The van der Waals surface area contributed by atoms with Gasteiger partial charge in [0.25, 0.3) is 0 Å². The predicted octanol–water partition coefficient (Wildman–Crippen LogP) is 5.52. The minimum absolute atomic E-state index is 0.00392. The Hall–Kier alpha value is -4.87. The Morgan fingerprint density at radius 2 is 1.78 bits per heavy atom. The van der Waals surface area contributed by atoms with Gasteiger partial charge in [0.2, 0.25) is 11.8 Å². The summed E-state index contributed by atoms with van der Waals surface area (Å²) >= 11 is 0. The van der Waals surface area contributed by atoms with Gasteiger partial charge in [0.05, 0.1) is 12.3 Å². The Bertz CT molecular complexity index is 1670. The lowest BCUT2D eigenvalue weighted by Gasteiger charge is -2.35. The fourth-order valence-corrected chi connectivity index (χ4v) is 7.44. The molecule has 3 N–H and O–H groups in total. The van der Waals surface area contributed by atoms with E-state index in [-0.39, 0.29) is 37.5 Å². The molecule has 272 valence electrons. The molecule has 4 aliphatic rings. The summed E-state index contributed by atoms with van der Waals surface area (Å²) < 4.78 is 11.9. The summed E-state index contributed by atoms with van der Waals surface area (Å²) in [6.45, 7) is 9.19. The summed E-state index contributed by atoms with van der Waals surface area (Å²) in [5.74, 6) is -1.86. The van der Waals surface area contributed by atoms with Gasteiger partial charge in [-0.2, -0.15) is 0 Å². The monoisotopic (exact) mass is 700 g/mol. The number of carbonyl (C=O) groups excluding carboxylic acids is 3. The van der Waals surface area contributed by atoms with E-state index in [4.69, 9.17) is 14.3 Å². The lowest BCUT2D eigenvalue weighted by molar-refractivity contribution is -0.146. The van der Waals surface area contributed by atoms with Crippen LogP contribution in [0, 0.1) is 11.3 Å². The molecule has 2 aromatic rings. The number of rotatable bonds is 11. The Labute approximate surface area is 298 Å². The Morgan fingerprint density at radius 3 is 2.47 bits per heavy atom. The van der Waals surface area contributed by atoms with Gasteiger partial charge in [0.1, 0.15) is 41.7 Å². The van der Waals surface area contributed by atoms with Crippen molar-refractivity contribution in [2.75, 3.05) is 6.54 Å². The number of hydrogen-bond donors (Lipinski definition) is 3. The van der Waals surface area contributed by atoms with E-state index in [1.54, 1.807) is 6.08 Å². The molecular weight excluding hydrogens is 652 g/mol. The first kappa shape index (κ1) is 35.9. The number of likely N-dealkylation sites (tertiary alicyclic amines) is 1. The number of benzene rings is 2. The number of aliphatic carboxylic acids is 1. The van der Waals surface area contributed by atoms with Gasteiger partial charge < -0.3 is 35.0 Å². The van der Waals surface area contributed by atoms with Crippen LogP contribution in [0.3, 0.4) is 0 Å². The first-order valence-corrected chi connectivity index (χ1v) is 17.9. The maximum atomic E-state index is 14.4. The molecule has 12 heteroatoms. The first-order chi connectivity index (χ1) is 24.4. The summed E-state index contributed by atoms with van der Waals surface area (Å²) in [6.07, 6.45) is 4.47. The van der Waals surface area contributed by atoms with E-state index in [9.17, 15) is 24.3 Å². The average Bonchev–Trinajstić information content (AvgIpc) is 3.39. The summed E-state index contributed by atoms with van der Waals surface area (Å²) in [5.41, 5.74) is 0.245. The van der Waals surface area contributed by atoms with Crippen molar-refractivity contribution >= 4 is 29.6 Å². The molecule has 12 nitrogen and oxygen atoms in total. The van der Waals surface area contributed by atoms with Crippen LogP contribution in [0.5, 0.6) is 5.75 Å². The second-order valence-electron chi connectivity index (χ2n) is 15.2. The van der Waals surface area contributed by atoms with Gasteiger partial charge in [-0.1, -0.05) is 74.5 Å². The molecule has 1 unspecified atom stereocenters. The molecule has 2 aliphatic carbocycles. The van der Waals surface area contributed by atoms with Crippen LogP contribution in [0.25, 0.3) is 0 Å². The summed E-state index contributed by atoms with van der Waals surface area (Å²) in [4.78, 5) is 61.3. The number of amides is 3. The minimum atomic E-state index is -1.44. The van der Waals surface area contributed by atoms with Crippen molar-refractivity contribution in [1.29, 1.82) is 0 Å². The standard InChI is InChI=1S/C39H48N4O8/c1-5-13-25-22-39(25,36(46)47)41-34(44)30-20-27(23-43(30)35(45)33(38(2,3)4)40-37(48)49-26-16-9-10-17-26)51-42-29-21-32(24-14-7-6-8-15-24)50-31-19-12-11-18-28(29)31/h5-8,11-12,14-15,18-19,25-27,30,32-33H,1,9-10,13,16-17,20-23H2,2-4H3,(H,40,48)(H,41,44)(H,46,47)/b42-29+/t25-,27-,30+,32?,33-,39-/m1/s1. The third-order valence-electron chi connectivity index (χ3n) is 10.4. The van der Waals surface area contributed by atoms with Crippen molar-refractivity contribution in [3.63, 3.8) is 0 Å². The molecule has 2 aliphatic heterocycles. The largest absolute Gasteiger partial charge is 0.485 e. The zero-order chi connectivity index (χ0) is 36.3. The van der Waals surface area contributed by atoms with Crippen molar-refractivity contribution in [2.45, 2.75) is 108 Å². The maximum Gasteiger partial charge on any atom is 0.408 e. The Morgan fingerprint density at radius 1 is 1.08 bits per heavy atom. The van der Waals surface area contributed by atoms with Crippen molar-refractivity contribution in [3.8, 4) is 5.75 Å². The topological polar surface area (TPSA) is 156 Å². The number of fused-ring (bicyclic) bond motifs is 1. The number of para-hydroxylation sites is 1. The number of nitrogens with zero attached hydrogens (tertiary/aromatic N) is 2. The highest BCUT2D eigenvalue weighted by atomic mass is 16.6. The molecule has 0 bridgehead atoms. The minimum Gasteiger partial charge on any atom is -0.485 e. The summed E-state index contributed by atoms with van der Waals surface area (Å²) in [5, 5.41) is 20.2. The third kappa shape index (κ3) is 7.89. The molecule has 2 aromatic carbocycles. The molecule has 3 amide bonds. The second kappa shape index (κ2) is 14.8. The van der Waals surface area contributed by atoms with Crippen molar-refractivity contribution < 1.29 is 38.6 Å². The highest BCUT2D eigenvalue weighted by molar-refractivity contribution is 6.03. The number of allylic oxidation sites excluding steroid dienone is 1. The van der Waals surface area contributed by atoms with E-state index in [0.29, 0.717) is 24.3 Å². The van der Waals surface area contributed by atoms with Crippen molar-refractivity contribution in [1.82, 2.24) is 15.5 Å². The zero-order valence-electron chi connectivity index (χ0n) is 29.5. The Balaban J connectivity index is 1.25. The highest BCUT2D eigenvalue weighted by Gasteiger charge is 2.62. The van der Waals surface area contributed by atoms with Crippen molar-refractivity contribution in [2.24, 2.45) is 16.5 Å². The molecule has 0 aromatic heterocycles. The van der Waals surface area contributed by atoms with E-state index in [1.807, 2.05) is 75.4 Å². The molecule has 1 saturated heterocycles. The van der Waals surface area contributed by atoms with Gasteiger partial charge in [0.15, 0.2) is 0 Å². The van der Waals surface area contributed by atoms with Gasteiger partial charge in [-0.25, -0.2) is 9.59 Å². The second-order valence-corrected chi connectivity index (χ2v) is 15.2. The molecule has 0 spiro atoms. The average molecular weight is 701 g/mol. The SMILES string of the molecule is C=CC[C@@H]1C[C@]1(NC(=O)[C@@H]1C[C@@H](O/N=C2\CC(c3ccccc3)Oc3ccccc32)CN1C(=O)[C@@H](NC(=O)OC1CCCC1)C(C)(C)C)C(=O)O. The van der Waals surface area contributed by atoms with E-state index in [0.717, 1.165) is 36.8 Å². The fourth-order valence-electron chi connectivity index (χ4n) is 7.44. The van der Waals surface area contributed by atoms with Crippen LogP contribution in [0.15, 0.2) is 72.4 Å². The normalized spacial score (nSPS) is 27.1. The van der Waals surface area contributed by atoms with Gasteiger partial charge in [-0.3, -0.25) is 9.59 Å². The van der Waals surface area contributed by atoms with E-state index < -0.39 is 53.0 Å².